The van der Waals surface area contributed by atoms with Gasteiger partial charge in [-0.2, -0.15) is 5.26 Å². The van der Waals surface area contributed by atoms with Crippen LogP contribution in [0.5, 0.6) is 0 Å². The second-order valence-corrected chi connectivity index (χ2v) is 11.5. The molecule has 0 unspecified atom stereocenters. The normalized spacial score (nSPS) is 11.4. The van der Waals surface area contributed by atoms with E-state index in [2.05, 4.69) is 25.7 Å². The third kappa shape index (κ3) is 4.38. The summed E-state index contributed by atoms with van der Waals surface area (Å²) >= 11 is 2.48. The van der Waals surface area contributed by atoms with Crippen LogP contribution in [0.4, 0.5) is 17.5 Å². The van der Waals surface area contributed by atoms with E-state index in [-0.39, 0.29) is 38.4 Å². The summed E-state index contributed by atoms with van der Waals surface area (Å²) in [5.74, 6) is -0.407. The van der Waals surface area contributed by atoms with Gasteiger partial charge >= 0.3 is 0 Å². The average molecular weight is 548 g/mol. The molecular weight excluding hydrogens is 531 g/mol. The highest BCUT2D eigenvalue weighted by Gasteiger charge is 2.25. The standard InChI is InChI=1S/C24H17N7O3S3/c1-12-8-9-28-24(29-12)31-37(33,34)14-6-4-13(5-7-14)20(32)21-19(26)18-17(16-3-2-10-35-16)15(11-25)22(27)30-23(18)36-21/h2-10H,26H2,1H3,(H2,27,30)(H,28,29,31). The Labute approximate surface area is 219 Å². The summed E-state index contributed by atoms with van der Waals surface area (Å²) in [5, 5.41) is 12.1. The minimum absolute atomic E-state index is 0.0525. The highest BCUT2D eigenvalue weighted by Crippen LogP contribution is 2.44. The Morgan fingerprint density at radius 1 is 1.11 bits per heavy atom. The number of nitrogen functional groups attached to an aromatic ring is 2. The van der Waals surface area contributed by atoms with Gasteiger partial charge in [-0.1, -0.05) is 6.07 Å². The molecule has 5 rings (SSSR count). The van der Waals surface area contributed by atoms with Crippen molar-refractivity contribution in [3.63, 3.8) is 0 Å². The van der Waals surface area contributed by atoms with Crippen molar-refractivity contribution in [3.8, 4) is 16.5 Å². The van der Waals surface area contributed by atoms with Gasteiger partial charge in [-0.15, -0.1) is 22.7 Å². The van der Waals surface area contributed by atoms with Crippen LogP contribution in [0.25, 0.3) is 20.7 Å². The lowest BCUT2D eigenvalue weighted by Crippen LogP contribution is -2.15. The Bertz CT molecular complexity index is 1820. The minimum Gasteiger partial charge on any atom is -0.397 e. The van der Waals surface area contributed by atoms with Crippen LogP contribution in [-0.2, 0) is 10.0 Å². The number of nitrogens with one attached hydrogen (secondary N) is 1. The van der Waals surface area contributed by atoms with Crippen molar-refractivity contribution >= 4 is 66.2 Å². The zero-order valence-corrected chi connectivity index (χ0v) is 21.5. The molecule has 0 atom stereocenters. The highest BCUT2D eigenvalue weighted by molar-refractivity contribution is 7.92. The Kier molecular flexibility index (Phi) is 6.08. The molecule has 0 fully saturated rings. The first-order valence-corrected chi connectivity index (χ1v) is 13.8. The number of carbonyl (C=O) groups is 1. The smallest absolute Gasteiger partial charge is 0.264 e. The maximum absolute atomic E-state index is 13.4. The van der Waals surface area contributed by atoms with Crippen LogP contribution >= 0.6 is 22.7 Å². The summed E-state index contributed by atoms with van der Waals surface area (Å²) in [7, 11) is -3.97. The van der Waals surface area contributed by atoms with Gasteiger partial charge in [0.25, 0.3) is 10.0 Å². The molecule has 0 aliphatic rings. The van der Waals surface area contributed by atoms with Crippen molar-refractivity contribution in [3.05, 3.63) is 75.7 Å². The molecule has 0 bridgehead atoms. The van der Waals surface area contributed by atoms with Crippen LogP contribution < -0.4 is 16.2 Å². The number of pyridine rings is 1. The second-order valence-electron chi connectivity index (χ2n) is 7.84. The van der Waals surface area contributed by atoms with Crippen molar-refractivity contribution in [1.29, 1.82) is 5.26 Å². The molecule has 13 heteroatoms. The maximum atomic E-state index is 13.4. The lowest BCUT2D eigenvalue weighted by molar-refractivity contribution is 0.104. The summed E-state index contributed by atoms with van der Waals surface area (Å²) in [6.07, 6.45) is 1.45. The van der Waals surface area contributed by atoms with Gasteiger partial charge in [-0.25, -0.2) is 28.1 Å². The number of anilines is 3. The molecule has 0 saturated heterocycles. The first kappa shape index (κ1) is 24.3. The number of fused-ring (bicyclic) bond motifs is 1. The third-order valence-corrected chi connectivity index (χ3v) is 8.77. The second kappa shape index (κ2) is 9.25. The molecule has 0 radical (unpaired) electrons. The first-order chi connectivity index (χ1) is 17.7. The summed E-state index contributed by atoms with van der Waals surface area (Å²) in [5.41, 5.74) is 14.2. The van der Waals surface area contributed by atoms with Gasteiger partial charge in [-0.3, -0.25) is 4.79 Å². The number of sulfonamides is 1. The highest BCUT2D eigenvalue weighted by atomic mass is 32.2. The fraction of sp³-hybridized carbons (Fsp3) is 0.0417. The molecular formula is C24H17N7O3S3. The third-order valence-electron chi connectivity index (χ3n) is 5.44. The molecule has 5 N–H and O–H groups in total. The van der Waals surface area contributed by atoms with Crippen LogP contribution in [0.3, 0.4) is 0 Å². The van der Waals surface area contributed by atoms with E-state index in [9.17, 15) is 18.5 Å². The van der Waals surface area contributed by atoms with Gasteiger partial charge in [0.05, 0.1) is 10.6 Å². The molecule has 0 aliphatic heterocycles. The molecule has 0 saturated carbocycles. The number of nitriles is 1. The van der Waals surface area contributed by atoms with Crippen molar-refractivity contribution < 1.29 is 13.2 Å². The number of carbonyl (C=O) groups excluding carboxylic acids is 1. The zero-order chi connectivity index (χ0) is 26.3. The molecule has 1 aromatic carbocycles. The molecule has 4 heterocycles. The van der Waals surface area contributed by atoms with Gasteiger partial charge in [0.15, 0.2) is 0 Å². The van der Waals surface area contributed by atoms with E-state index >= 15 is 0 Å². The minimum atomic E-state index is -3.97. The summed E-state index contributed by atoms with van der Waals surface area (Å²) < 4.78 is 27.8. The van der Waals surface area contributed by atoms with Crippen molar-refractivity contribution in [2.24, 2.45) is 0 Å². The number of aryl methyl sites for hydroxylation is 1. The van der Waals surface area contributed by atoms with E-state index in [4.69, 9.17) is 11.5 Å². The van der Waals surface area contributed by atoms with Crippen LogP contribution in [0.2, 0.25) is 0 Å². The predicted octanol–water partition coefficient (Wildman–Crippen LogP) is 4.19. The summed E-state index contributed by atoms with van der Waals surface area (Å²) in [6.45, 7) is 1.72. The molecule has 5 aromatic rings. The van der Waals surface area contributed by atoms with E-state index in [1.54, 1.807) is 13.0 Å². The fourth-order valence-corrected chi connectivity index (χ4v) is 6.52. The fourth-order valence-electron chi connectivity index (χ4n) is 3.71. The maximum Gasteiger partial charge on any atom is 0.264 e. The number of rotatable bonds is 6. The lowest BCUT2D eigenvalue weighted by Gasteiger charge is -2.08. The molecule has 10 nitrogen and oxygen atoms in total. The van der Waals surface area contributed by atoms with Crippen molar-refractivity contribution in [2.75, 3.05) is 16.2 Å². The first-order valence-electron chi connectivity index (χ1n) is 10.6. The van der Waals surface area contributed by atoms with E-state index in [0.29, 0.717) is 21.5 Å². The average Bonchev–Trinajstić information content (AvgIpc) is 3.51. The van der Waals surface area contributed by atoms with Crippen LogP contribution in [0, 0.1) is 18.3 Å². The van der Waals surface area contributed by atoms with Gasteiger partial charge in [0.1, 0.15) is 27.2 Å². The number of ketones is 1. The van der Waals surface area contributed by atoms with Crippen LogP contribution in [-0.4, -0.2) is 29.2 Å². The lowest BCUT2D eigenvalue weighted by atomic mass is 10.0. The Morgan fingerprint density at radius 2 is 1.86 bits per heavy atom. The number of hydrogen-bond donors (Lipinski definition) is 3. The summed E-state index contributed by atoms with van der Waals surface area (Å²) in [4.78, 5) is 27.0. The molecule has 0 amide bonds. The van der Waals surface area contributed by atoms with Gasteiger partial charge < -0.3 is 11.5 Å². The largest absolute Gasteiger partial charge is 0.397 e. The Hall–Kier alpha value is -4.38. The molecule has 0 spiro atoms. The quantitative estimate of drug-likeness (QED) is 0.263. The van der Waals surface area contributed by atoms with Gasteiger partial charge in [-0.05, 0) is 48.7 Å². The summed E-state index contributed by atoms with van der Waals surface area (Å²) in [6, 6.07) is 12.9. The number of nitrogens with zero attached hydrogens (tertiary/aromatic N) is 4. The molecule has 0 aliphatic carbocycles. The number of hydrogen-bond acceptors (Lipinski definition) is 11. The van der Waals surface area contributed by atoms with E-state index in [1.807, 2.05) is 17.5 Å². The van der Waals surface area contributed by atoms with E-state index in [0.717, 1.165) is 16.2 Å². The molecule has 37 heavy (non-hydrogen) atoms. The van der Waals surface area contributed by atoms with Crippen molar-refractivity contribution in [2.45, 2.75) is 11.8 Å². The Morgan fingerprint density at radius 3 is 2.51 bits per heavy atom. The van der Waals surface area contributed by atoms with Gasteiger partial charge in [0, 0.05) is 33.3 Å². The SMILES string of the molecule is Cc1ccnc(NS(=O)(=O)c2ccc(C(=O)c3sc4nc(N)c(C#N)c(-c5cccs5)c4c3N)cc2)n1. The van der Waals surface area contributed by atoms with Gasteiger partial charge in [0.2, 0.25) is 11.7 Å². The molecule has 4 aromatic heterocycles. The predicted molar refractivity (Wildman–Crippen MR) is 144 cm³/mol. The Balaban J connectivity index is 1.52. The topological polar surface area (TPSA) is 178 Å². The van der Waals surface area contributed by atoms with Crippen molar-refractivity contribution in [1.82, 2.24) is 15.0 Å². The number of aromatic nitrogens is 3. The molecule has 184 valence electrons. The monoisotopic (exact) mass is 547 g/mol. The number of thiophene rings is 2. The van der Waals surface area contributed by atoms with Crippen LogP contribution in [0.1, 0.15) is 26.5 Å². The van der Waals surface area contributed by atoms with E-state index in [1.165, 1.54) is 41.8 Å². The van der Waals surface area contributed by atoms with Crippen LogP contribution in [0.15, 0.2) is 58.9 Å². The number of nitrogens with two attached hydrogens (primary N) is 2. The zero-order valence-electron chi connectivity index (χ0n) is 19.1. The van der Waals surface area contributed by atoms with E-state index < -0.39 is 15.8 Å². The number of benzene rings is 1.